The first-order valence-corrected chi connectivity index (χ1v) is 15.8. The summed E-state index contributed by atoms with van der Waals surface area (Å²) in [4.78, 5) is 64.0. The summed E-state index contributed by atoms with van der Waals surface area (Å²) in [5.41, 5.74) is 0.0625. The van der Waals surface area contributed by atoms with E-state index in [0.29, 0.717) is 0 Å². The first-order chi connectivity index (χ1) is 25.7. The fraction of sp³-hybridized carbons (Fsp3) is 0.812. The van der Waals surface area contributed by atoms with E-state index in [2.05, 4.69) is 108 Å². The molecule has 0 unspecified atom stereocenters. The monoisotopic (exact) mass is 1630 g/mol. The van der Waals surface area contributed by atoms with Gasteiger partial charge in [-0.25, -0.2) is 0 Å². The van der Waals surface area contributed by atoms with Crippen LogP contribution in [0.15, 0.2) is 26.3 Å². The molecule has 0 heterocycles. The molecule has 0 saturated carbocycles. The van der Waals surface area contributed by atoms with E-state index in [0.717, 1.165) is 26.2 Å². The minimum Gasteiger partial charge on any atom is -1.00 e. The fourth-order valence-corrected chi connectivity index (χ4v) is 0.401. The van der Waals surface area contributed by atoms with Crippen molar-refractivity contribution in [2.24, 2.45) is 0 Å². The standard InChI is InChI=1S/C3H7BrO.5C2H6O.2C2H4.3CH3BrO.2CH4O.8CH2O.34CH4.Na.H/c1-5-3-2-4;1-3-2;4*1-2-3;2*1-2;2*1-3-2;2-1-3;10*1-2;;;;;;;;;;;;;;;;;;;;;;;;;;;;;;;;;;;;/h2-3H2,1H3;1-2H3;4*3H,2H2,1H3;2*1-2H2;2*1H3;3H,1H2;2*2H,1H3;8*1H2;34*1H4;;/q;;;;;;;;;;;;;;;;;;;;;;;;;;;;;;;;;;;;;;;;;;;;;;;;;;;;;;;+1;-1. The van der Waals surface area contributed by atoms with Crippen LogP contribution < -0.4 is 29.6 Å². The van der Waals surface area contributed by atoms with Crippen molar-refractivity contribution in [3.8, 4) is 0 Å². The van der Waals surface area contributed by atoms with Crippen molar-refractivity contribution in [2.45, 2.75) is 280 Å². The maximum atomic E-state index is 8.00. The Bertz CT molecular complexity index is 229. The van der Waals surface area contributed by atoms with Gasteiger partial charge in [-0.1, -0.05) is 284 Å². The van der Waals surface area contributed by atoms with E-state index in [1.54, 1.807) is 63.2 Å². The van der Waals surface area contributed by atoms with Crippen molar-refractivity contribution in [1.29, 1.82) is 0 Å². The largest absolute Gasteiger partial charge is 1.00 e. The second-order valence-corrected chi connectivity index (χ2v) is 5.37. The Morgan fingerprint density at radius 3 is 0.318 bits per heavy atom. The molecule has 0 saturated heterocycles. The van der Waals surface area contributed by atoms with Crippen molar-refractivity contribution in [1.82, 2.24) is 0 Å². The van der Waals surface area contributed by atoms with E-state index >= 15 is 0 Å². The van der Waals surface area contributed by atoms with Crippen LogP contribution in [0.2, 0.25) is 0 Å². The summed E-state index contributed by atoms with van der Waals surface area (Å²) in [6.07, 6.45) is 0. The Hall–Kier alpha value is -0.680. The third kappa shape index (κ3) is 348000. The first-order valence-electron chi connectivity index (χ1n) is 12.3. The number of hydrogen-bond donors (Lipinski definition) is 7. The number of alkyl halides is 2. The summed E-state index contributed by atoms with van der Waals surface area (Å²) in [5, 5.41) is 52.7. The Kier molecular flexibility index (Phi) is 44500. The molecule has 0 aliphatic heterocycles. The minimum atomic E-state index is 0. The number of ether oxygens (including phenoxy) is 2. The Labute approximate surface area is 636 Å². The van der Waals surface area contributed by atoms with E-state index in [1.807, 2.05) is 54.3 Å². The van der Waals surface area contributed by atoms with Gasteiger partial charge in [-0.2, -0.15) is 0 Å². The molecule has 0 aliphatic rings. The van der Waals surface area contributed by atoms with Crippen molar-refractivity contribution < 1.29 is 122 Å². The molecular weight excluding hydrogens is 1420 g/mol. The number of aliphatic hydroxyl groups excluding tert-OH is 7. The van der Waals surface area contributed by atoms with Crippen molar-refractivity contribution >= 4 is 119 Å². The Morgan fingerprint density at radius 2 is 0.318 bits per heavy atom. The van der Waals surface area contributed by atoms with Crippen LogP contribution in [0.25, 0.3) is 0 Å². The van der Waals surface area contributed by atoms with E-state index in [-0.39, 0.29) is 315 Å². The molecule has 0 aromatic heterocycles. The zero-order chi connectivity index (χ0) is 49.8. The molecule has 88 heavy (non-hydrogen) atoms. The molecule has 0 spiro atoms. The van der Waals surface area contributed by atoms with E-state index in [4.69, 9.17) is 74.1 Å². The van der Waals surface area contributed by atoms with Crippen LogP contribution in [0, 0.1) is 0 Å². The summed E-state index contributed by atoms with van der Waals surface area (Å²) in [7, 11) is 10.0. The fourth-order valence-electron chi connectivity index (χ4n) is 0.0772. The molecule has 19 nitrogen and oxygen atoms in total. The number of carbonyl (C=O) groups is 8. The van der Waals surface area contributed by atoms with Crippen molar-refractivity contribution in [3.05, 3.63) is 26.3 Å². The van der Waals surface area contributed by atoms with Crippen LogP contribution in [0.1, 0.15) is 282 Å². The van der Waals surface area contributed by atoms with Crippen LogP contribution in [-0.4, -0.2) is 184 Å². The van der Waals surface area contributed by atoms with Gasteiger partial charge in [0.2, 0.25) is 0 Å². The molecule has 0 aliphatic carbocycles. The second kappa shape index (κ2) is 5900. The summed E-state index contributed by atoms with van der Waals surface area (Å²) in [6.45, 7) is 36.5. The van der Waals surface area contributed by atoms with E-state index in [9.17, 15) is 0 Å². The van der Waals surface area contributed by atoms with Crippen LogP contribution in [0.5, 0.6) is 0 Å². The van der Waals surface area contributed by atoms with Crippen LogP contribution in [0.4, 0.5) is 0 Å². The van der Waals surface area contributed by atoms with E-state index in [1.165, 1.54) is 0 Å². The van der Waals surface area contributed by atoms with Crippen LogP contribution in [-0.2, 0) is 55.5 Å². The molecule has 614 valence electrons. The molecule has 0 amide bonds. The second-order valence-electron chi connectivity index (χ2n) is 2.78. The van der Waals surface area contributed by atoms with E-state index < -0.39 is 0 Å². The molecule has 0 rings (SSSR count). The molecule has 0 radical (unpaired) electrons. The van der Waals surface area contributed by atoms with Gasteiger partial charge in [0.1, 0.15) is 54.3 Å². The van der Waals surface area contributed by atoms with Gasteiger partial charge in [0.05, 0.1) is 58.9 Å². The normalized spacial score (nSPS) is 2.70. The molecular formula is C64H215Br4NaO19. The van der Waals surface area contributed by atoms with Crippen molar-refractivity contribution in [2.75, 3.05) is 93.6 Å². The third-order valence-electron chi connectivity index (χ3n) is 0.281. The molecule has 0 atom stereocenters. The molecule has 0 aromatic carbocycles. The predicted molar refractivity (Wildman–Crippen MR) is 463 cm³/mol. The Balaban J connectivity index is -0.00000000216. The zero-order valence-corrected chi connectivity index (χ0v) is 43.3. The maximum absolute atomic E-state index is 8.00. The number of halogens is 4. The number of aliphatic hydroxyl groups is 7. The zero-order valence-electron chi connectivity index (χ0n) is 36.0. The average molecular weight is 1630 g/mol. The van der Waals surface area contributed by atoms with Crippen LogP contribution >= 0.6 is 64.4 Å². The number of methoxy groups -OCH3 is 2. The molecule has 24 heteroatoms. The summed E-state index contributed by atoms with van der Waals surface area (Å²) < 4.78 is 17.0. The van der Waals surface area contributed by atoms with Gasteiger partial charge in [-0.05, 0) is 27.7 Å². The first kappa shape index (κ1) is 663. The molecule has 0 bridgehead atoms. The maximum Gasteiger partial charge on any atom is 1.00 e. The number of carbonyl (C=O) groups excluding carboxylic acids is 8. The smallest absolute Gasteiger partial charge is 1.00 e. The van der Waals surface area contributed by atoms with Gasteiger partial charge in [0, 0.05) is 67.3 Å². The summed E-state index contributed by atoms with van der Waals surface area (Å²) >= 11 is 11.2. The SMILES string of the molecule is C.C.C.C.C.C.C.C.C.C.C.C.C.C.C.C.C.C.C.C.C.C.C.C.C.C.C.C.C.C.C.C.C.C.C=C.C=C.C=O.C=O.C=O.C=O.C=O.C=O.C=O.C=O.CCO.CCO.CCO.CCO.CO.CO.COBr.COBr.COC.COCCBr.OCBr.[H-].[Na+]. The van der Waals surface area contributed by atoms with Gasteiger partial charge in [-0.3, -0.25) is 0 Å². The summed E-state index contributed by atoms with van der Waals surface area (Å²) in [6, 6.07) is 0. The Morgan fingerprint density at radius 1 is 0.284 bits per heavy atom. The quantitative estimate of drug-likeness (QED) is 0.0767. The molecule has 0 fully saturated rings. The van der Waals surface area contributed by atoms with Gasteiger partial charge in [0.25, 0.3) is 0 Å². The van der Waals surface area contributed by atoms with Gasteiger partial charge in [-0.15, -0.1) is 26.3 Å². The summed E-state index contributed by atoms with van der Waals surface area (Å²) in [5.74, 6) is 0. The molecule has 7 N–H and O–H groups in total. The molecule has 0 aromatic rings. The van der Waals surface area contributed by atoms with Gasteiger partial charge < -0.3 is 92.7 Å². The van der Waals surface area contributed by atoms with Gasteiger partial charge in [0.15, 0.2) is 0 Å². The van der Waals surface area contributed by atoms with Crippen molar-refractivity contribution in [3.63, 3.8) is 0 Å². The number of hydrogen-bond acceptors (Lipinski definition) is 19. The predicted octanol–water partition coefficient (Wildman–Crippen LogP) is 21.6. The average Bonchev–Trinajstić information content (AvgIpc) is 3.24. The topological polar surface area (TPSA) is 315 Å². The van der Waals surface area contributed by atoms with Crippen LogP contribution in [0.3, 0.4) is 0 Å². The minimum absolute atomic E-state index is 0. The third-order valence-corrected chi connectivity index (χ3v) is 0.605. The van der Waals surface area contributed by atoms with Gasteiger partial charge >= 0.3 is 29.6 Å². The number of rotatable bonds is 2.